The average molecular weight is 446 g/mol. The second-order valence-corrected chi connectivity index (χ2v) is 8.20. The molecule has 4 heterocycles. The molecule has 1 amide bonds. The first kappa shape index (κ1) is 21.3. The van der Waals surface area contributed by atoms with Gasteiger partial charge in [0.25, 0.3) is 5.91 Å². The van der Waals surface area contributed by atoms with Gasteiger partial charge in [-0.25, -0.2) is 4.98 Å². The maximum absolute atomic E-state index is 12.5. The number of amides is 1. The van der Waals surface area contributed by atoms with Crippen molar-refractivity contribution in [3.63, 3.8) is 0 Å². The Balaban J connectivity index is 1.26. The molecule has 7 nitrogen and oxygen atoms in total. The van der Waals surface area contributed by atoms with Crippen LogP contribution in [0.5, 0.6) is 17.4 Å². The number of fused-ring (bicyclic) bond motifs is 2. The molecule has 33 heavy (non-hydrogen) atoms. The summed E-state index contributed by atoms with van der Waals surface area (Å²) in [5.74, 6) is 2.61. The number of pyridine rings is 1. The summed E-state index contributed by atoms with van der Waals surface area (Å²) in [6, 6.07) is 13.3. The lowest BCUT2D eigenvalue weighted by atomic mass is 9.97. The van der Waals surface area contributed by atoms with Crippen molar-refractivity contribution < 1.29 is 18.7 Å². The topological polar surface area (TPSA) is 68.0 Å². The number of ether oxygens (including phenoxy) is 2. The lowest BCUT2D eigenvalue weighted by Gasteiger charge is -2.34. The molecule has 5 rings (SSSR count). The van der Waals surface area contributed by atoms with Crippen LogP contribution in [0, 0.1) is 0 Å². The predicted octanol–water partition coefficient (Wildman–Crippen LogP) is 4.26. The van der Waals surface area contributed by atoms with Gasteiger partial charge in [0.1, 0.15) is 11.5 Å². The molecule has 2 aliphatic rings. The van der Waals surface area contributed by atoms with Crippen LogP contribution in [-0.2, 0) is 6.42 Å². The van der Waals surface area contributed by atoms with Crippen LogP contribution in [0.25, 0.3) is 5.57 Å². The number of methoxy groups -OCH3 is 1. The zero-order valence-electron chi connectivity index (χ0n) is 18.7. The number of aromatic nitrogens is 1. The van der Waals surface area contributed by atoms with Crippen LogP contribution in [0.1, 0.15) is 28.1 Å². The smallest absolute Gasteiger partial charge is 0.289 e. The van der Waals surface area contributed by atoms with E-state index in [4.69, 9.17) is 13.9 Å². The van der Waals surface area contributed by atoms with Gasteiger partial charge in [-0.3, -0.25) is 9.69 Å². The fraction of sp³-hybridized carbons (Fsp3) is 0.308. The van der Waals surface area contributed by atoms with Gasteiger partial charge in [-0.05, 0) is 48.4 Å². The van der Waals surface area contributed by atoms with E-state index in [1.54, 1.807) is 25.4 Å². The highest BCUT2D eigenvalue weighted by Gasteiger charge is 2.24. The van der Waals surface area contributed by atoms with E-state index in [0.29, 0.717) is 24.7 Å². The summed E-state index contributed by atoms with van der Waals surface area (Å²) in [6.07, 6.45) is 7.21. The van der Waals surface area contributed by atoms with Crippen LogP contribution in [-0.4, -0.2) is 60.5 Å². The van der Waals surface area contributed by atoms with Gasteiger partial charge in [-0.15, -0.1) is 0 Å². The molecule has 0 spiro atoms. The first-order chi connectivity index (χ1) is 16.2. The molecule has 0 radical (unpaired) electrons. The van der Waals surface area contributed by atoms with E-state index in [-0.39, 0.29) is 5.91 Å². The van der Waals surface area contributed by atoms with Crippen LogP contribution in [0.15, 0.2) is 65.4 Å². The van der Waals surface area contributed by atoms with E-state index in [2.05, 4.69) is 22.0 Å². The average Bonchev–Trinajstić information content (AvgIpc) is 3.34. The maximum atomic E-state index is 12.5. The fourth-order valence-corrected chi connectivity index (χ4v) is 4.45. The third kappa shape index (κ3) is 4.50. The first-order valence-corrected chi connectivity index (χ1v) is 11.3. The van der Waals surface area contributed by atoms with Crippen LogP contribution < -0.4 is 9.47 Å². The van der Waals surface area contributed by atoms with Crippen molar-refractivity contribution in [2.24, 2.45) is 0 Å². The van der Waals surface area contributed by atoms with Gasteiger partial charge in [-0.2, -0.15) is 0 Å². The number of benzene rings is 1. The third-order valence-corrected chi connectivity index (χ3v) is 6.23. The highest BCUT2D eigenvalue weighted by atomic mass is 16.5. The number of hydrogen-bond donors (Lipinski definition) is 0. The molecule has 3 aromatic rings. The van der Waals surface area contributed by atoms with E-state index in [9.17, 15) is 4.79 Å². The fourth-order valence-electron chi connectivity index (χ4n) is 4.45. The lowest BCUT2D eigenvalue weighted by Crippen LogP contribution is -2.48. The molecule has 170 valence electrons. The maximum Gasteiger partial charge on any atom is 0.289 e. The predicted molar refractivity (Wildman–Crippen MR) is 125 cm³/mol. The molecule has 0 atom stereocenters. The van der Waals surface area contributed by atoms with Crippen LogP contribution >= 0.6 is 0 Å². The molecule has 0 aliphatic carbocycles. The minimum atomic E-state index is -0.0306. The molecule has 1 aromatic carbocycles. The number of rotatable bonds is 5. The number of piperazine rings is 1. The standard InChI is InChI=1S/C26H27N3O4/c1-31-22-8-2-9-23-21(22)18-19(20-7-3-11-27-25(20)33-23)6-4-12-28-13-15-29(16-14-28)26(30)24-10-5-17-32-24/h2-3,5-11,17H,4,12-16,18H2,1H3/b19-6-. The minimum Gasteiger partial charge on any atom is -0.496 e. The SMILES string of the molecule is COc1cccc2c1C/C(=C/CCN1CCN(C(=O)c3ccco3)CC1)c1cccnc1O2. The molecule has 7 heteroatoms. The zero-order valence-corrected chi connectivity index (χ0v) is 18.7. The highest BCUT2D eigenvalue weighted by Crippen LogP contribution is 2.41. The van der Waals surface area contributed by atoms with E-state index in [1.807, 2.05) is 29.2 Å². The lowest BCUT2D eigenvalue weighted by molar-refractivity contribution is 0.0608. The second kappa shape index (κ2) is 9.50. The van der Waals surface area contributed by atoms with E-state index >= 15 is 0 Å². The number of hydrogen-bond acceptors (Lipinski definition) is 6. The third-order valence-electron chi connectivity index (χ3n) is 6.23. The summed E-state index contributed by atoms with van der Waals surface area (Å²) in [5, 5.41) is 0. The monoisotopic (exact) mass is 445 g/mol. The summed E-state index contributed by atoms with van der Waals surface area (Å²) in [5.41, 5.74) is 3.24. The summed E-state index contributed by atoms with van der Waals surface area (Å²) < 4.78 is 17.0. The summed E-state index contributed by atoms with van der Waals surface area (Å²) in [7, 11) is 1.69. The Morgan fingerprint density at radius 3 is 2.79 bits per heavy atom. The van der Waals surface area contributed by atoms with E-state index in [0.717, 1.165) is 55.1 Å². The van der Waals surface area contributed by atoms with Crippen molar-refractivity contribution in [1.29, 1.82) is 0 Å². The van der Waals surface area contributed by atoms with Crippen molar-refractivity contribution in [2.75, 3.05) is 39.8 Å². The van der Waals surface area contributed by atoms with Crippen molar-refractivity contribution in [3.8, 4) is 17.4 Å². The second-order valence-electron chi connectivity index (χ2n) is 8.20. The molecule has 0 saturated carbocycles. The number of furan rings is 1. The van der Waals surface area contributed by atoms with Crippen molar-refractivity contribution in [1.82, 2.24) is 14.8 Å². The normalized spacial score (nSPS) is 17.1. The molecule has 0 unspecified atom stereocenters. The number of nitrogens with zero attached hydrogens (tertiary/aromatic N) is 3. The highest BCUT2D eigenvalue weighted by molar-refractivity contribution is 5.91. The molecule has 0 bridgehead atoms. The molecule has 1 saturated heterocycles. The van der Waals surface area contributed by atoms with Gasteiger partial charge >= 0.3 is 0 Å². The molecular formula is C26H27N3O4. The molecule has 2 aliphatic heterocycles. The minimum absolute atomic E-state index is 0.0306. The van der Waals surface area contributed by atoms with E-state index in [1.165, 1.54) is 11.8 Å². The Bertz CT molecular complexity index is 1150. The largest absolute Gasteiger partial charge is 0.496 e. The van der Waals surface area contributed by atoms with Gasteiger partial charge in [0, 0.05) is 56.5 Å². The molecule has 1 fully saturated rings. The Morgan fingerprint density at radius 2 is 2.00 bits per heavy atom. The number of carbonyl (C=O) groups is 1. The van der Waals surface area contributed by atoms with E-state index < -0.39 is 0 Å². The van der Waals surface area contributed by atoms with Crippen LogP contribution in [0.3, 0.4) is 0 Å². The van der Waals surface area contributed by atoms with Crippen molar-refractivity contribution in [3.05, 3.63) is 77.9 Å². The zero-order chi connectivity index (χ0) is 22.6. The van der Waals surface area contributed by atoms with Gasteiger partial charge in [-0.1, -0.05) is 12.1 Å². The van der Waals surface area contributed by atoms with Crippen molar-refractivity contribution >= 4 is 11.5 Å². The van der Waals surface area contributed by atoms with Crippen LogP contribution in [0.4, 0.5) is 0 Å². The van der Waals surface area contributed by atoms with Gasteiger partial charge in [0.2, 0.25) is 5.88 Å². The first-order valence-electron chi connectivity index (χ1n) is 11.3. The number of carbonyl (C=O) groups excluding carboxylic acids is 1. The van der Waals surface area contributed by atoms with Crippen LogP contribution in [0.2, 0.25) is 0 Å². The Morgan fingerprint density at radius 1 is 1.12 bits per heavy atom. The Kier molecular flexibility index (Phi) is 6.13. The van der Waals surface area contributed by atoms with Gasteiger partial charge in [0.15, 0.2) is 5.76 Å². The quantitative estimate of drug-likeness (QED) is 0.585. The van der Waals surface area contributed by atoms with Gasteiger partial charge in [0.05, 0.1) is 13.4 Å². The summed E-state index contributed by atoms with van der Waals surface area (Å²) >= 11 is 0. The van der Waals surface area contributed by atoms with Crippen molar-refractivity contribution in [2.45, 2.75) is 12.8 Å². The Hall–Kier alpha value is -3.58. The summed E-state index contributed by atoms with van der Waals surface area (Å²) in [6.45, 7) is 4.06. The van der Waals surface area contributed by atoms with Gasteiger partial charge < -0.3 is 18.8 Å². The number of allylic oxidation sites excluding steroid dienone is 1. The Labute approximate surface area is 193 Å². The molecule has 0 N–H and O–H groups in total. The summed E-state index contributed by atoms with van der Waals surface area (Å²) in [4.78, 5) is 21.2. The molecule has 2 aromatic heterocycles. The molecular weight excluding hydrogens is 418 g/mol.